The second-order valence-electron chi connectivity index (χ2n) is 8.46. The molecular weight excluding hydrogens is 392 g/mol. The van der Waals surface area contributed by atoms with Crippen LogP contribution in [0.1, 0.15) is 51.5 Å². The molecule has 6 nitrogen and oxygen atoms in total. The Balaban J connectivity index is 1.95. The lowest BCUT2D eigenvalue weighted by Gasteiger charge is -2.24. The lowest BCUT2D eigenvalue weighted by Crippen LogP contribution is -2.44. The summed E-state index contributed by atoms with van der Waals surface area (Å²) in [5.74, 6) is -2.20. The average Bonchev–Trinajstić information content (AvgIpc) is 2.69. The molecule has 8 heteroatoms. The van der Waals surface area contributed by atoms with Gasteiger partial charge in [0, 0.05) is 51.0 Å². The fraction of sp³-hybridized carbons (Fsp3) is 0.591. The van der Waals surface area contributed by atoms with E-state index in [2.05, 4.69) is 10.6 Å². The van der Waals surface area contributed by atoms with Crippen LogP contribution in [-0.4, -0.2) is 42.3 Å². The molecule has 1 aliphatic heterocycles. The van der Waals surface area contributed by atoms with E-state index in [-0.39, 0.29) is 42.6 Å². The van der Waals surface area contributed by atoms with Gasteiger partial charge in [-0.05, 0) is 36.5 Å². The SMILES string of the molecule is CC(C)CC(=O)N[C@@H]1CCC[C@@H](C(=O)NCc2cc(F)cc(F)c2)CC(=O)N(C)C1. The van der Waals surface area contributed by atoms with E-state index >= 15 is 0 Å². The van der Waals surface area contributed by atoms with Crippen molar-refractivity contribution in [3.8, 4) is 0 Å². The van der Waals surface area contributed by atoms with Crippen molar-refractivity contribution in [3.05, 3.63) is 35.4 Å². The number of benzene rings is 1. The number of nitrogens with zero attached hydrogens (tertiary/aromatic N) is 1. The van der Waals surface area contributed by atoms with Gasteiger partial charge in [0.1, 0.15) is 11.6 Å². The molecule has 30 heavy (non-hydrogen) atoms. The molecule has 0 radical (unpaired) electrons. The molecule has 1 aromatic rings. The standard InChI is InChI=1S/C22H31F2N3O3/c1-14(2)7-20(28)26-19-6-4-5-16(10-21(29)27(3)13-19)22(30)25-12-15-8-17(23)11-18(24)9-15/h8-9,11,14,16,19H,4-7,10,12-13H2,1-3H3,(H,25,30)(H,26,28)/t16-,19-/m1/s1. The molecule has 0 aromatic heterocycles. The number of hydrogen-bond donors (Lipinski definition) is 2. The molecule has 0 unspecified atom stereocenters. The second kappa shape index (κ2) is 11.0. The topological polar surface area (TPSA) is 78.5 Å². The molecule has 166 valence electrons. The van der Waals surface area contributed by atoms with Gasteiger partial charge in [0.15, 0.2) is 0 Å². The second-order valence-corrected chi connectivity index (χ2v) is 8.46. The van der Waals surface area contributed by atoms with E-state index in [0.717, 1.165) is 18.2 Å². The van der Waals surface area contributed by atoms with E-state index in [0.29, 0.717) is 37.8 Å². The summed E-state index contributed by atoms with van der Waals surface area (Å²) in [5.41, 5.74) is 0.320. The van der Waals surface area contributed by atoms with E-state index in [1.807, 2.05) is 13.8 Å². The molecular formula is C22H31F2N3O3. The fourth-order valence-corrected chi connectivity index (χ4v) is 3.65. The third kappa shape index (κ3) is 7.72. The third-order valence-corrected chi connectivity index (χ3v) is 5.16. The predicted octanol–water partition coefficient (Wildman–Crippen LogP) is 2.76. The van der Waals surface area contributed by atoms with Crippen molar-refractivity contribution in [1.82, 2.24) is 15.5 Å². The number of likely N-dealkylation sites (N-methyl/N-ethyl adjacent to an activating group) is 1. The summed E-state index contributed by atoms with van der Waals surface area (Å²) < 4.78 is 26.6. The number of carbonyl (C=O) groups is 3. The van der Waals surface area contributed by atoms with E-state index in [1.165, 1.54) is 0 Å². The van der Waals surface area contributed by atoms with Crippen LogP contribution < -0.4 is 10.6 Å². The van der Waals surface area contributed by atoms with Crippen molar-refractivity contribution >= 4 is 17.7 Å². The molecule has 0 bridgehead atoms. The van der Waals surface area contributed by atoms with Crippen molar-refractivity contribution in [2.45, 2.75) is 58.5 Å². The molecule has 2 rings (SSSR count). The number of amides is 3. The van der Waals surface area contributed by atoms with Crippen LogP contribution in [0.25, 0.3) is 0 Å². The monoisotopic (exact) mass is 423 g/mol. The first-order valence-corrected chi connectivity index (χ1v) is 10.4. The molecule has 0 spiro atoms. The Morgan fingerprint density at radius 2 is 1.83 bits per heavy atom. The molecule has 1 saturated heterocycles. The summed E-state index contributed by atoms with van der Waals surface area (Å²) >= 11 is 0. The van der Waals surface area contributed by atoms with Gasteiger partial charge in [-0.2, -0.15) is 0 Å². The highest BCUT2D eigenvalue weighted by Crippen LogP contribution is 2.19. The van der Waals surface area contributed by atoms with Gasteiger partial charge in [0.05, 0.1) is 0 Å². The Morgan fingerprint density at radius 3 is 2.47 bits per heavy atom. The molecule has 2 N–H and O–H groups in total. The van der Waals surface area contributed by atoms with Gasteiger partial charge in [-0.1, -0.05) is 20.3 Å². The highest BCUT2D eigenvalue weighted by Gasteiger charge is 2.27. The Labute approximate surface area is 176 Å². The number of nitrogens with one attached hydrogen (secondary N) is 2. The van der Waals surface area contributed by atoms with Crippen molar-refractivity contribution in [3.63, 3.8) is 0 Å². The van der Waals surface area contributed by atoms with Crippen molar-refractivity contribution in [2.24, 2.45) is 11.8 Å². The lowest BCUT2D eigenvalue weighted by molar-refractivity contribution is -0.135. The summed E-state index contributed by atoms with van der Waals surface area (Å²) in [7, 11) is 1.67. The van der Waals surface area contributed by atoms with Gasteiger partial charge in [-0.3, -0.25) is 14.4 Å². The average molecular weight is 424 g/mol. The van der Waals surface area contributed by atoms with Crippen LogP contribution in [0.5, 0.6) is 0 Å². The number of carbonyl (C=O) groups excluding carboxylic acids is 3. The van der Waals surface area contributed by atoms with Crippen LogP contribution >= 0.6 is 0 Å². The van der Waals surface area contributed by atoms with E-state index in [9.17, 15) is 23.2 Å². The van der Waals surface area contributed by atoms with Gasteiger partial charge >= 0.3 is 0 Å². The lowest BCUT2D eigenvalue weighted by atomic mass is 9.96. The number of hydrogen-bond acceptors (Lipinski definition) is 3. The first-order valence-electron chi connectivity index (χ1n) is 10.4. The van der Waals surface area contributed by atoms with E-state index in [4.69, 9.17) is 0 Å². The molecule has 1 heterocycles. The van der Waals surface area contributed by atoms with E-state index in [1.54, 1.807) is 11.9 Å². The first-order chi connectivity index (χ1) is 14.1. The van der Waals surface area contributed by atoms with Gasteiger partial charge in [0.2, 0.25) is 17.7 Å². The first kappa shape index (κ1) is 23.8. The van der Waals surface area contributed by atoms with Gasteiger partial charge < -0.3 is 15.5 Å². The molecule has 1 fully saturated rings. The molecule has 3 amide bonds. The summed E-state index contributed by atoms with van der Waals surface area (Å²) in [6.07, 6.45) is 2.34. The minimum atomic E-state index is -0.705. The zero-order valence-electron chi connectivity index (χ0n) is 17.8. The Morgan fingerprint density at radius 1 is 1.17 bits per heavy atom. The maximum absolute atomic E-state index is 13.3. The number of halogens is 2. The number of rotatable bonds is 6. The van der Waals surface area contributed by atoms with Crippen LogP contribution in [-0.2, 0) is 20.9 Å². The highest BCUT2D eigenvalue weighted by molar-refractivity contribution is 5.85. The van der Waals surface area contributed by atoms with Crippen molar-refractivity contribution in [2.75, 3.05) is 13.6 Å². The largest absolute Gasteiger partial charge is 0.352 e. The maximum Gasteiger partial charge on any atom is 0.223 e. The quantitative estimate of drug-likeness (QED) is 0.739. The Hall–Kier alpha value is -2.51. The smallest absolute Gasteiger partial charge is 0.223 e. The molecule has 1 aromatic carbocycles. The van der Waals surface area contributed by atoms with Crippen LogP contribution in [0, 0.1) is 23.5 Å². The molecule has 2 atom stereocenters. The van der Waals surface area contributed by atoms with Crippen molar-refractivity contribution in [1.29, 1.82) is 0 Å². The fourth-order valence-electron chi connectivity index (χ4n) is 3.65. The van der Waals surface area contributed by atoms with E-state index < -0.39 is 17.6 Å². The summed E-state index contributed by atoms with van der Waals surface area (Å²) in [6.45, 7) is 4.33. The minimum Gasteiger partial charge on any atom is -0.352 e. The maximum atomic E-state index is 13.3. The van der Waals surface area contributed by atoms with Crippen LogP contribution in [0.15, 0.2) is 18.2 Å². The normalized spacial score (nSPS) is 20.3. The molecule has 0 saturated carbocycles. The van der Waals surface area contributed by atoms with Gasteiger partial charge in [-0.25, -0.2) is 8.78 Å². The summed E-state index contributed by atoms with van der Waals surface area (Å²) in [4.78, 5) is 38.8. The van der Waals surface area contributed by atoms with Crippen molar-refractivity contribution < 1.29 is 23.2 Å². The highest BCUT2D eigenvalue weighted by atomic mass is 19.1. The summed E-state index contributed by atoms with van der Waals surface area (Å²) in [6, 6.07) is 2.95. The Kier molecular flexibility index (Phi) is 8.74. The predicted molar refractivity (Wildman–Crippen MR) is 109 cm³/mol. The van der Waals surface area contributed by atoms with Crippen LogP contribution in [0.3, 0.4) is 0 Å². The van der Waals surface area contributed by atoms with Crippen LogP contribution in [0.4, 0.5) is 8.78 Å². The van der Waals surface area contributed by atoms with Crippen LogP contribution in [0.2, 0.25) is 0 Å². The molecule has 1 aliphatic rings. The zero-order chi connectivity index (χ0) is 22.3. The molecule has 0 aliphatic carbocycles. The van der Waals surface area contributed by atoms with Gasteiger partial charge in [-0.15, -0.1) is 0 Å². The zero-order valence-corrected chi connectivity index (χ0v) is 17.8. The third-order valence-electron chi connectivity index (χ3n) is 5.16. The summed E-state index contributed by atoms with van der Waals surface area (Å²) in [5, 5.41) is 5.67. The Bertz CT molecular complexity index is 750. The minimum absolute atomic E-state index is 0.0120. The van der Waals surface area contributed by atoms with Gasteiger partial charge in [0.25, 0.3) is 0 Å².